The summed E-state index contributed by atoms with van der Waals surface area (Å²) in [4.78, 5) is 0. The topological polar surface area (TPSA) is 88.1 Å². The van der Waals surface area contributed by atoms with Crippen molar-refractivity contribution in [2.24, 2.45) is 0 Å². The normalized spacial score (nSPS) is 18.2. The molecule has 0 aliphatic carbocycles. The molecule has 0 spiro atoms. The second-order valence-electron chi connectivity index (χ2n) is 5.78. The first-order chi connectivity index (χ1) is 13.2. The molecule has 2 atom stereocenters. The van der Waals surface area contributed by atoms with Gasteiger partial charge in [0.25, 0.3) is 0 Å². The van der Waals surface area contributed by atoms with Gasteiger partial charge in [0, 0.05) is 0 Å². The summed E-state index contributed by atoms with van der Waals surface area (Å²) < 4.78 is 85.7. The van der Waals surface area contributed by atoms with E-state index < -0.39 is 44.9 Å². The van der Waals surface area contributed by atoms with E-state index in [1.807, 2.05) is 0 Å². The van der Waals surface area contributed by atoms with Crippen LogP contribution in [0.2, 0.25) is 0 Å². The smallest absolute Gasteiger partial charge is 0.383 e. The Kier molecular flexibility index (Phi) is 12.0. The van der Waals surface area contributed by atoms with Gasteiger partial charge in [-0.2, -0.15) is 17.6 Å². The largest absolute Gasteiger partial charge is 0.388 e. The van der Waals surface area contributed by atoms with Crippen LogP contribution < -0.4 is 0 Å². The van der Waals surface area contributed by atoms with Crippen LogP contribution in [0.3, 0.4) is 0 Å². The number of aliphatic hydroxyl groups excluding tert-OH is 1. The molecule has 1 aliphatic heterocycles. The fourth-order valence-electron chi connectivity index (χ4n) is 1.70. The average Bonchev–Trinajstić information content (AvgIpc) is 3.40. The van der Waals surface area contributed by atoms with Crippen LogP contribution in [-0.4, -0.2) is 95.8 Å². The Morgan fingerprint density at radius 3 is 2.25 bits per heavy atom. The van der Waals surface area contributed by atoms with Gasteiger partial charge in [-0.3, -0.25) is 4.74 Å². The van der Waals surface area contributed by atoms with E-state index in [1.165, 1.54) is 6.08 Å². The predicted molar refractivity (Wildman–Crippen MR) is 86.2 cm³/mol. The van der Waals surface area contributed by atoms with E-state index in [9.17, 15) is 22.7 Å². The third-order valence-electron chi connectivity index (χ3n) is 2.94. The minimum atomic E-state index is -4.28. The Bertz CT molecular complexity index is 423. The molecule has 0 aromatic rings. The summed E-state index contributed by atoms with van der Waals surface area (Å²) in [6.45, 7) is 0.759. The summed E-state index contributed by atoms with van der Waals surface area (Å²) in [5.74, 6) is 0. The average molecular weight is 422 g/mol. The minimum absolute atomic E-state index is 0.0853. The highest BCUT2D eigenvalue weighted by Crippen LogP contribution is 2.27. The number of aliphatic hydroxyl groups is 1. The van der Waals surface area contributed by atoms with Gasteiger partial charge in [-0.1, -0.05) is 6.08 Å². The Morgan fingerprint density at radius 2 is 1.61 bits per heavy atom. The van der Waals surface area contributed by atoms with Crippen molar-refractivity contribution in [2.75, 3.05) is 66.3 Å². The van der Waals surface area contributed by atoms with Crippen molar-refractivity contribution in [2.45, 2.75) is 24.4 Å². The highest BCUT2D eigenvalue weighted by atomic mass is 19.3. The lowest BCUT2D eigenvalue weighted by molar-refractivity contribution is -0.396. The molecule has 1 heterocycles. The van der Waals surface area contributed by atoms with Crippen molar-refractivity contribution >= 4 is 0 Å². The summed E-state index contributed by atoms with van der Waals surface area (Å²) in [5, 5.41) is 9.39. The van der Waals surface area contributed by atoms with Crippen molar-refractivity contribution in [1.29, 1.82) is 0 Å². The number of ether oxygens (including phenoxy) is 7. The lowest BCUT2D eigenvalue weighted by Gasteiger charge is -2.24. The molecule has 0 aromatic heterocycles. The van der Waals surface area contributed by atoms with Gasteiger partial charge in [-0.25, -0.2) is 0 Å². The van der Waals surface area contributed by atoms with Gasteiger partial charge in [0.15, 0.2) is 0 Å². The molecule has 0 saturated carbocycles. The molecular weight excluding hydrogens is 396 g/mol. The van der Waals surface area contributed by atoms with Crippen LogP contribution in [0.5, 0.6) is 0 Å². The van der Waals surface area contributed by atoms with Crippen LogP contribution in [0.25, 0.3) is 0 Å². The van der Waals surface area contributed by atoms with Gasteiger partial charge in [-0.05, 0) is 0 Å². The molecule has 1 N–H and O–H groups in total. The van der Waals surface area contributed by atoms with E-state index in [0.717, 1.165) is 0 Å². The van der Waals surface area contributed by atoms with Gasteiger partial charge in [0.05, 0.1) is 46.2 Å². The fourth-order valence-corrected chi connectivity index (χ4v) is 1.70. The molecule has 166 valence electrons. The Balaban J connectivity index is 2.06. The molecule has 0 aromatic carbocycles. The van der Waals surface area contributed by atoms with Gasteiger partial charge in [0.1, 0.15) is 32.2 Å². The van der Waals surface area contributed by atoms with Gasteiger partial charge < -0.3 is 33.5 Å². The molecule has 1 fully saturated rings. The molecule has 0 bridgehead atoms. The molecule has 0 radical (unpaired) electrons. The Hall–Kier alpha value is -0.860. The van der Waals surface area contributed by atoms with Crippen LogP contribution >= 0.6 is 0 Å². The standard InChI is InChI=1S/C16H26F4O8/c1-2-3-22-6-13(21)7-25-10-15(17,18)28-16(19,20)11-26-12-24-5-4-23-8-14-9-27-14/h2,13-14,21H,1,3-12H2. The number of alkyl halides is 4. The lowest BCUT2D eigenvalue weighted by Crippen LogP contribution is -2.40. The SMILES string of the molecule is C=CCOCC(O)COCC(F)(F)OC(F)(F)COCOCCOCC1CO1. The monoisotopic (exact) mass is 422 g/mol. The number of halogens is 4. The van der Waals surface area contributed by atoms with Crippen molar-refractivity contribution in [1.82, 2.24) is 0 Å². The summed E-state index contributed by atoms with van der Waals surface area (Å²) in [6.07, 6.45) is -8.21. The maximum atomic E-state index is 13.4. The summed E-state index contributed by atoms with van der Waals surface area (Å²) >= 11 is 0. The van der Waals surface area contributed by atoms with Crippen LogP contribution in [0.15, 0.2) is 12.7 Å². The van der Waals surface area contributed by atoms with Crippen molar-refractivity contribution in [3.05, 3.63) is 12.7 Å². The molecule has 28 heavy (non-hydrogen) atoms. The second-order valence-corrected chi connectivity index (χ2v) is 5.78. The minimum Gasteiger partial charge on any atom is -0.388 e. The first-order valence-corrected chi connectivity index (χ1v) is 8.49. The zero-order valence-electron chi connectivity index (χ0n) is 15.3. The molecule has 1 saturated heterocycles. The van der Waals surface area contributed by atoms with E-state index in [2.05, 4.69) is 20.8 Å². The summed E-state index contributed by atoms with van der Waals surface area (Å²) in [7, 11) is 0. The number of hydrogen-bond acceptors (Lipinski definition) is 8. The lowest BCUT2D eigenvalue weighted by atomic mass is 10.4. The molecule has 12 heteroatoms. The molecule has 2 unspecified atom stereocenters. The molecule has 0 amide bonds. The molecule has 8 nitrogen and oxygen atoms in total. The van der Waals surface area contributed by atoms with Crippen LogP contribution in [0.1, 0.15) is 0 Å². The van der Waals surface area contributed by atoms with Crippen molar-refractivity contribution in [3.63, 3.8) is 0 Å². The Labute approximate surface area is 160 Å². The maximum Gasteiger partial charge on any atom is 0.383 e. The van der Waals surface area contributed by atoms with Gasteiger partial charge >= 0.3 is 12.2 Å². The number of rotatable bonds is 19. The van der Waals surface area contributed by atoms with E-state index in [4.69, 9.17) is 18.9 Å². The van der Waals surface area contributed by atoms with E-state index in [-0.39, 0.29) is 32.5 Å². The highest BCUT2D eigenvalue weighted by molar-refractivity contribution is 4.67. The van der Waals surface area contributed by atoms with Gasteiger partial charge in [-0.15, -0.1) is 6.58 Å². The predicted octanol–water partition coefficient (Wildman–Crippen LogP) is 1.17. The van der Waals surface area contributed by atoms with Gasteiger partial charge in [0.2, 0.25) is 0 Å². The molecular formula is C16H26F4O8. The third kappa shape index (κ3) is 14.2. The van der Waals surface area contributed by atoms with Crippen LogP contribution in [0, 0.1) is 0 Å². The fraction of sp³-hybridized carbons (Fsp3) is 0.875. The molecule has 1 aliphatic rings. The van der Waals surface area contributed by atoms with Crippen LogP contribution in [-0.2, 0) is 33.2 Å². The summed E-state index contributed by atoms with van der Waals surface area (Å²) in [6, 6.07) is 0. The van der Waals surface area contributed by atoms with E-state index in [0.29, 0.717) is 13.2 Å². The summed E-state index contributed by atoms with van der Waals surface area (Å²) in [5.41, 5.74) is 0. The number of hydrogen-bond donors (Lipinski definition) is 1. The third-order valence-corrected chi connectivity index (χ3v) is 2.94. The van der Waals surface area contributed by atoms with Crippen molar-refractivity contribution in [3.8, 4) is 0 Å². The zero-order valence-corrected chi connectivity index (χ0v) is 15.3. The molecule has 1 rings (SSSR count). The van der Waals surface area contributed by atoms with Crippen LogP contribution in [0.4, 0.5) is 17.6 Å². The van der Waals surface area contributed by atoms with E-state index in [1.54, 1.807) is 0 Å². The first kappa shape index (κ1) is 25.2. The van der Waals surface area contributed by atoms with Crippen molar-refractivity contribution < 1.29 is 55.8 Å². The highest BCUT2D eigenvalue weighted by Gasteiger charge is 2.44. The van der Waals surface area contributed by atoms with E-state index >= 15 is 0 Å². The first-order valence-electron chi connectivity index (χ1n) is 8.49. The number of epoxide rings is 1. The second kappa shape index (κ2) is 13.4. The quantitative estimate of drug-likeness (QED) is 0.109. The maximum absolute atomic E-state index is 13.4. The zero-order chi connectivity index (χ0) is 20.9. The Morgan fingerprint density at radius 1 is 1.00 bits per heavy atom.